The van der Waals surface area contributed by atoms with Crippen LogP contribution in [0.2, 0.25) is 0 Å². The molecule has 2 aliphatic heterocycles. The van der Waals surface area contributed by atoms with Crippen LogP contribution in [0, 0.1) is 0 Å². The molecule has 1 saturated heterocycles. The summed E-state index contributed by atoms with van der Waals surface area (Å²) in [4.78, 5) is 11.5. The van der Waals surface area contributed by atoms with E-state index in [0.29, 0.717) is 18.6 Å². The van der Waals surface area contributed by atoms with Crippen LogP contribution in [0.15, 0.2) is 18.2 Å². The summed E-state index contributed by atoms with van der Waals surface area (Å²) in [5, 5.41) is 6.46. The molecule has 1 aromatic carbocycles. The van der Waals surface area contributed by atoms with E-state index in [-0.39, 0.29) is 5.91 Å². The van der Waals surface area contributed by atoms with Crippen molar-refractivity contribution in [3.8, 4) is 0 Å². The third kappa shape index (κ3) is 3.44. The first-order valence-corrected chi connectivity index (χ1v) is 8.04. The van der Waals surface area contributed by atoms with Crippen molar-refractivity contribution >= 4 is 11.6 Å². The van der Waals surface area contributed by atoms with Gasteiger partial charge in [-0.2, -0.15) is 0 Å². The highest BCUT2D eigenvalue weighted by atomic mass is 16.5. The Morgan fingerprint density at radius 3 is 3.14 bits per heavy atom. The van der Waals surface area contributed by atoms with E-state index in [4.69, 9.17) is 4.74 Å². The third-order valence-electron chi connectivity index (χ3n) is 4.41. The fourth-order valence-corrected chi connectivity index (χ4v) is 3.32. The number of rotatable bonds is 6. The molecule has 4 nitrogen and oxygen atoms in total. The number of hydrogen-bond donors (Lipinski definition) is 2. The lowest BCUT2D eigenvalue weighted by Crippen LogP contribution is -2.22. The van der Waals surface area contributed by atoms with Gasteiger partial charge in [0.15, 0.2) is 0 Å². The Morgan fingerprint density at radius 2 is 2.38 bits per heavy atom. The molecule has 0 saturated carbocycles. The minimum Gasteiger partial charge on any atom is -0.378 e. The molecule has 0 aliphatic carbocycles. The van der Waals surface area contributed by atoms with Crippen molar-refractivity contribution < 1.29 is 9.53 Å². The second-order valence-electron chi connectivity index (χ2n) is 5.96. The maximum Gasteiger partial charge on any atom is 0.228 e. The molecule has 0 radical (unpaired) electrons. The maximum absolute atomic E-state index is 11.5. The molecule has 1 amide bonds. The number of carbonyl (C=O) groups excluding carboxylic acids is 1. The van der Waals surface area contributed by atoms with Crippen molar-refractivity contribution in [2.24, 2.45) is 0 Å². The van der Waals surface area contributed by atoms with E-state index < -0.39 is 0 Å². The van der Waals surface area contributed by atoms with E-state index in [1.807, 2.05) is 6.07 Å². The normalized spacial score (nSPS) is 22.1. The van der Waals surface area contributed by atoms with Crippen LogP contribution in [0.1, 0.15) is 49.8 Å². The van der Waals surface area contributed by atoms with Crippen molar-refractivity contribution in [2.45, 2.75) is 51.2 Å². The highest BCUT2D eigenvalue weighted by Gasteiger charge is 2.21. The minimum atomic E-state index is 0.0986. The first kappa shape index (κ1) is 14.5. The molecular formula is C17H24N2O2. The maximum atomic E-state index is 11.5. The number of amides is 1. The molecule has 2 atom stereocenters. The molecule has 1 fully saturated rings. The zero-order valence-electron chi connectivity index (χ0n) is 12.7. The summed E-state index contributed by atoms with van der Waals surface area (Å²) >= 11 is 0. The Morgan fingerprint density at radius 1 is 1.48 bits per heavy atom. The summed E-state index contributed by atoms with van der Waals surface area (Å²) in [5.74, 6) is 0.0986. The molecule has 2 aliphatic rings. The number of fused-ring (bicyclic) bond motifs is 1. The van der Waals surface area contributed by atoms with Gasteiger partial charge in [0.2, 0.25) is 5.91 Å². The summed E-state index contributed by atoms with van der Waals surface area (Å²) in [5.41, 5.74) is 3.38. The second kappa shape index (κ2) is 6.58. The molecule has 0 spiro atoms. The zero-order chi connectivity index (χ0) is 14.7. The Labute approximate surface area is 126 Å². The molecule has 0 bridgehead atoms. The molecule has 2 N–H and O–H groups in total. The van der Waals surface area contributed by atoms with Crippen LogP contribution in [0.25, 0.3) is 0 Å². The number of hydrogen-bond acceptors (Lipinski definition) is 3. The second-order valence-corrected chi connectivity index (χ2v) is 5.96. The van der Waals surface area contributed by atoms with E-state index in [1.165, 1.54) is 18.4 Å². The smallest absolute Gasteiger partial charge is 0.228 e. The van der Waals surface area contributed by atoms with Crippen molar-refractivity contribution in [2.75, 3.05) is 18.5 Å². The topological polar surface area (TPSA) is 50.4 Å². The van der Waals surface area contributed by atoms with Crippen molar-refractivity contribution in [3.63, 3.8) is 0 Å². The lowest BCUT2D eigenvalue weighted by atomic mass is 9.97. The van der Waals surface area contributed by atoms with E-state index in [9.17, 15) is 4.79 Å². The largest absolute Gasteiger partial charge is 0.378 e. The minimum absolute atomic E-state index is 0.0986. The monoisotopic (exact) mass is 288 g/mol. The van der Waals surface area contributed by atoms with Gasteiger partial charge in [-0.15, -0.1) is 0 Å². The SMILES string of the molecule is CCNC(CCC1CCCO1)c1ccc2c(c1)CC(=O)N2. The predicted molar refractivity (Wildman–Crippen MR) is 83.4 cm³/mol. The van der Waals surface area contributed by atoms with Gasteiger partial charge in [0.25, 0.3) is 0 Å². The molecule has 21 heavy (non-hydrogen) atoms. The highest BCUT2D eigenvalue weighted by Crippen LogP contribution is 2.29. The van der Waals surface area contributed by atoms with Gasteiger partial charge in [-0.1, -0.05) is 19.1 Å². The summed E-state index contributed by atoms with van der Waals surface area (Å²) in [7, 11) is 0. The third-order valence-corrected chi connectivity index (χ3v) is 4.41. The van der Waals surface area contributed by atoms with Crippen LogP contribution in [0.3, 0.4) is 0 Å². The Kier molecular flexibility index (Phi) is 4.56. The predicted octanol–water partition coefficient (Wildman–Crippen LogP) is 2.79. The van der Waals surface area contributed by atoms with Gasteiger partial charge in [0.05, 0.1) is 12.5 Å². The van der Waals surface area contributed by atoms with E-state index in [0.717, 1.165) is 37.2 Å². The molecule has 0 aromatic heterocycles. The quantitative estimate of drug-likeness (QED) is 0.846. The Hall–Kier alpha value is -1.39. The first-order valence-electron chi connectivity index (χ1n) is 8.04. The van der Waals surface area contributed by atoms with Crippen molar-refractivity contribution in [3.05, 3.63) is 29.3 Å². The van der Waals surface area contributed by atoms with Gasteiger partial charge in [-0.05, 0) is 49.4 Å². The van der Waals surface area contributed by atoms with Gasteiger partial charge < -0.3 is 15.4 Å². The highest BCUT2D eigenvalue weighted by molar-refractivity contribution is 5.99. The van der Waals surface area contributed by atoms with Crippen LogP contribution in [-0.4, -0.2) is 25.2 Å². The Balaban J connectivity index is 1.68. The van der Waals surface area contributed by atoms with E-state index in [2.05, 4.69) is 29.7 Å². The fourth-order valence-electron chi connectivity index (χ4n) is 3.32. The summed E-state index contributed by atoms with van der Waals surface area (Å²) < 4.78 is 5.72. The number of anilines is 1. The lowest BCUT2D eigenvalue weighted by molar-refractivity contribution is -0.115. The van der Waals surface area contributed by atoms with Crippen LogP contribution in [0.5, 0.6) is 0 Å². The molecular weight excluding hydrogens is 264 g/mol. The standard InChI is InChI=1S/C17H24N2O2/c1-2-18-15(8-6-14-4-3-9-21-14)12-5-7-16-13(10-12)11-17(20)19-16/h5,7,10,14-15,18H,2-4,6,8-9,11H2,1H3,(H,19,20). The number of carbonyl (C=O) groups is 1. The Bertz CT molecular complexity index is 510. The van der Waals surface area contributed by atoms with Gasteiger partial charge in [0.1, 0.15) is 0 Å². The molecule has 1 aromatic rings. The van der Waals surface area contributed by atoms with Gasteiger partial charge in [-0.3, -0.25) is 4.79 Å². The number of benzene rings is 1. The molecule has 3 rings (SSSR count). The first-order chi connectivity index (χ1) is 10.3. The average Bonchev–Trinajstić information content (AvgIpc) is 3.10. The van der Waals surface area contributed by atoms with Crippen molar-refractivity contribution in [1.29, 1.82) is 0 Å². The van der Waals surface area contributed by atoms with E-state index in [1.54, 1.807) is 0 Å². The van der Waals surface area contributed by atoms with Crippen LogP contribution < -0.4 is 10.6 Å². The summed E-state index contributed by atoms with van der Waals surface area (Å²) in [6.45, 7) is 4.01. The van der Waals surface area contributed by atoms with Crippen LogP contribution >= 0.6 is 0 Å². The fraction of sp³-hybridized carbons (Fsp3) is 0.588. The van der Waals surface area contributed by atoms with Gasteiger partial charge in [-0.25, -0.2) is 0 Å². The van der Waals surface area contributed by atoms with Crippen molar-refractivity contribution in [1.82, 2.24) is 5.32 Å². The van der Waals surface area contributed by atoms with Gasteiger partial charge in [0, 0.05) is 18.3 Å². The summed E-state index contributed by atoms with van der Waals surface area (Å²) in [6.07, 6.45) is 5.52. The molecule has 114 valence electrons. The molecule has 2 heterocycles. The van der Waals surface area contributed by atoms with Crippen LogP contribution in [-0.2, 0) is 16.0 Å². The molecule has 2 unspecified atom stereocenters. The molecule has 4 heteroatoms. The van der Waals surface area contributed by atoms with Gasteiger partial charge >= 0.3 is 0 Å². The zero-order valence-corrected chi connectivity index (χ0v) is 12.7. The van der Waals surface area contributed by atoms with Crippen LogP contribution in [0.4, 0.5) is 5.69 Å². The lowest BCUT2D eigenvalue weighted by Gasteiger charge is -2.21. The summed E-state index contributed by atoms with van der Waals surface area (Å²) in [6, 6.07) is 6.69. The van der Waals surface area contributed by atoms with E-state index >= 15 is 0 Å². The number of ether oxygens (including phenoxy) is 1. The number of nitrogens with one attached hydrogen (secondary N) is 2. The average molecular weight is 288 g/mol.